The van der Waals surface area contributed by atoms with E-state index >= 15 is 0 Å². The van der Waals surface area contributed by atoms with Crippen LogP contribution in [0.5, 0.6) is 0 Å². The highest BCUT2D eigenvalue weighted by molar-refractivity contribution is 6.31. The molecule has 3 nitrogen and oxygen atoms in total. The first kappa shape index (κ1) is 20.3. The molecule has 7 heteroatoms. The first-order chi connectivity index (χ1) is 13.2. The molecule has 1 heterocycles. The van der Waals surface area contributed by atoms with Crippen molar-refractivity contribution in [2.24, 2.45) is 0 Å². The third kappa shape index (κ3) is 3.87. The molecule has 0 unspecified atom stereocenters. The molecule has 0 bridgehead atoms. The van der Waals surface area contributed by atoms with Crippen LogP contribution in [0.2, 0.25) is 5.02 Å². The Kier molecular flexibility index (Phi) is 5.70. The third-order valence-corrected chi connectivity index (χ3v) is 5.03. The number of anilines is 1. The monoisotopic (exact) mass is 408 g/mol. The normalized spacial score (nSPS) is 11.8. The molecule has 28 heavy (non-hydrogen) atoms. The Morgan fingerprint density at radius 2 is 1.89 bits per heavy atom. The molecule has 0 saturated carbocycles. The van der Waals surface area contributed by atoms with Gasteiger partial charge in [-0.05, 0) is 43.2 Å². The lowest BCUT2D eigenvalue weighted by atomic mass is 10.1. The van der Waals surface area contributed by atoms with Crippen LogP contribution in [0.15, 0.2) is 42.5 Å². The summed E-state index contributed by atoms with van der Waals surface area (Å²) in [6.07, 6.45) is -2.75. The molecule has 0 saturated heterocycles. The smallest absolute Gasteiger partial charge is 0.336 e. The topological polar surface area (TPSA) is 34.0 Å². The molecule has 1 N–H and O–H groups in total. The Hall–Kier alpha value is -2.47. The van der Waals surface area contributed by atoms with Crippen LogP contribution in [0.25, 0.3) is 10.9 Å². The zero-order chi connectivity index (χ0) is 20.5. The number of rotatable bonds is 5. The number of aryl methyl sites for hydroxylation is 2. The average Bonchev–Trinajstić information content (AvgIpc) is 2.93. The lowest BCUT2D eigenvalue weighted by Gasteiger charge is -2.14. The molecule has 0 fully saturated rings. The Labute approximate surface area is 166 Å². The van der Waals surface area contributed by atoms with Gasteiger partial charge in [0.1, 0.15) is 5.69 Å². The average molecular weight is 409 g/mol. The van der Waals surface area contributed by atoms with E-state index in [0.29, 0.717) is 12.2 Å². The molecule has 0 aliphatic rings. The number of unbranched alkanes of at least 4 members (excludes halogenated alkanes) is 1. The van der Waals surface area contributed by atoms with Crippen molar-refractivity contribution in [3.8, 4) is 0 Å². The Balaban J connectivity index is 2.01. The number of carbonyl (C=O) groups excluding carboxylic acids is 1. The van der Waals surface area contributed by atoms with Gasteiger partial charge in [-0.2, -0.15) is 13.2 Å². The van der Waals surface area contributed by atoms with E-state index in [1.165, 1.54) is 6.07 Å². The van der Waals surface area contributed by atoms with Gasteiger partial charge in [-0.3, -0.25) is 4.79 Å². The fourth-order valence-electron chi connectivity index (χ4n) is 3.33. The van der Waals surface area contributed by atoms with Crippen LogP contribution >= 0.6 is 11.6 Å². The van der Waals surface area contributed by atoms with Gasteiger partial charge >= 0.3 is 6.18 Å². The first-order valence-electron chi connectivity index (χ1n) is 9.00. The third-order valence-electron chi connectivity index (χ3n) is 4.70. The minimum Gasteiger partial charge on any atom is -0.336 e. The van der Waals surface area contributed by atoms with Gasteiger partial charge < -0.3 is 9.88 Å². The SMILES string of the molecule is CCCCn1c(C(=O)Nc2ccc(Cl)c(C(F)(F)F)c2)c(C)c2ccccc21. The van der Waals surface area contributed by atoms with Gasteiger partial charge in [0, 0.05) is 23.1 Å². The van der Waals surface area contributed by atoms with Gasteiger partial charge in [-0.15, -0.1) is 0 Å². The van der Waals surface area contributed by atoms with E-state index in [2.05, 4.69) is 12.2 Å². The van der Waals surface area contributed by atoms with E-state index in [1.54, 1.807) is 0 Å². The summed E-state index contributed by atoms with van der Waals surface area (Å²) in [6, 6.07) is 11.0. The summed E-state index contributed by atoms with van der Waals surface area (Å²) in [6.45, 7) is 4.56. The highest BCUT2D eigenvalue weighted by atomic mass is 35.5. The van der Waals surface area contributed by atoms with Crippen molar-refractivity contribution >= 4 is 34.1 Å². The molecule has 1 aromatic heterocycles. The lowest BCUT2D eigenvalue weighted by Crippen LogP contribution is -2.19. The lowest BCUT2D eigenvalue weighted by molar-refractivity contribution is -0.137. The van der Waals surface area contributed by atoms with E-state index < -0.39 is 22.7 Å². The molecule has 3 aromatic rings. The molecule has 1 amide bonds. The molecule has 0 spiro atoms. The van der Waals surface area contributed by atoms with E-state index in [-0.39, 0.29) is 5.69 Å². The van der Waals surface area contributed by atoms with Crippen molar-refractivity contribution in [1.29, 1.82) is 0 Å². The van der Waals surface area contributed by atoms with Crippen LogP contribution in [0.3, 0.4) is 0 Å². The number of halogens is 4. The van der Waals surface area contributed by atoms with Crippen LogP contribution in [0.1, 0.15) is 41.4 Å². The van der Waals surface area contributed by atoms with Gasteiger partial charge in [0.15, 0.2) is 0 Å². The molecular formula is C21H20ClF3N2O. The van der Waals surface area contributed by atoms with Crippen LogP contribution in [-0.4, -0.2) is 10.5 Å². The minimum atomic E-state index is -4.59. The maximum atomic E-state index is 13.1. The molecule has 2 aromatic carbocycles. The molecule has 0 radical (unpaired) electrons. The fraction of sp³-hybridized carbons (Fsp3) is 0.286. The Morgan fingerprint density at radius 3 is 2.57 bits per heavy atom. The number of amides is 1. The van der Waals surface area contributed by atoms with Crippen molar-refractivity contribution in [2.45, 2.75) is 39.4 Å². The zero-order valence-electron chi connectivity index (χ0n) is 15.5. The number of carbonyl (C=O) groups is 1. The maximum Gasteiger partial charge on any atom is 0.417 e. The largest absolute Gasteiger partial charge is 0.417 e. The predicted octanol–water partition coefficient (Wildman–Crippen LogP) is 6.67. The standard InChI is InChI=1S/C21H20ClF3N2O/c1-3-4-11-27-18-8-6-5-7-15(18)13(2)19(27)20(28)26-14-9-10-17(22)16(12-14)21(23,24)25/h5-10,12H,3-4,11H2,1-2H3,(H,26,28). The number of nitrogens with zero attached hydrogens (tertiary/aromatic N) is 1. The van der Waals surface area contributed by atoms with Gasteiger partial charge in [-0.25, -0.2) is 0 Å². The number of hydrogen-bond acceptors (Lipinski definition) is 1. The van der Waals surface area contributed by atoms with Gasteiger partial charge in [-0.1, -0.05) is 43.1 Å². The molecule has 3 rings (SSSR count). The number of aromatic nitrogens is 1. The van der Waals surface area contributed by atoms with Gasteiger partial charge in [0.2, 0.25) is 0 Å². The van der Waals surface area contributed by atoms with Gasteiger partial charge in [0.05, 0.1) is 10.6 Å². The van der Waals surface area contributed by atoms with Crippen LogP contribution < -0.4 is 5.32 Å². The number of hydrogen-bond donors (Lipinski definition) is 1. The molecule has 0 atom stereocenters. The summed E-state index contributed by atoms with van der Waals surface area (Å²) < 4.78 is 41.2. The first-order valence-corrected chi connectivity index (χ1v) is 9.37. The number of alkyl halides is 3. The second-order valence-corrected chi connectivity index (χ2v) is 7.05. The Bertz CT molecular complexity index is 1020. The number of para-hydroxylation sites is 1. The summed E-state index contributed by atoms with van der Waals surface area (Å²) in [7, 11) is 0. The van der Waals surface area contributed by atoms with E-state index in [0.717, 1.165) is 41.4 Å². The molecule has 0 aliphatic carbocycles. The zero-order valence-corrected chi connectivity index (χ0v) is 16.3. The van der Waals surface area contributed by atoms with Crippen LogP contribution in [0.4, 0.5) is 18.9 Å². The number of benzene rings is 2. The van der Waals surface area contributed by atoms with Crippen molar-refractivity contribution < 1.29 is 18.0 Å². The van der Waals surface area contributed by atoms with E-state index in [9.17, 15) is 18.0 Å². The summed E-state index contributed by atoms with van der Waals surface area (Å²) in [5.41, 5.74) is 1.27. The maximum absolute atomic E-state index is 13.1. The Morgan fingerprint density at radius 1 is 1.18 bits per heavy atom. The highest BCUT2D eigenvalue weighted by Gasteiger charge is 2.33. The second kappa shape index (κ2) is 7.87. The predicted molar refractivity (Wildman–Crippen MR) is 106 cm³/mol. The summed E-state index contributed by atoms with van der Waals surface area (Å²) in [5, 5.41) is 3.15. The van der Waals surface area contributed by atoms with E-state index in [1.807, 2.05) is 35.8 Å². The van der Waals surface area contributed by atoms with Crippen molar-refractivity contribution in [3.05, 3.63) is 64.3 Å². The van der Waals surface area contributed by atoms with Crippen molar-refractivity contribution in [2.75, 3.05) is 5.32 Å². The minimum absolute atomic E-state index is 0.0495. The van der Waals surface area contributed by atoms with Crippen LogP contribution in [-0.2, 0) is 12.7 Å². The number of nitrogens with one attached hydrogen (secondary N) is 1. The van der Waals surface area contributed by atoms with Crippen LogP contribution in [0, 0.1) is 6.92 Å². The van der Waals surface area contributed by atoms with Crippen molar-refractivity contribution in [3.63, 3.8) is 0 Å². The van der Waals surface area contributed by atoms with Crippen molar-refractivity contribution in [1.82, 2.24) is 4.57 Å². The summed E-state index contributed by atoms with van der Waals surface area (Å²) >= 11 is 5.66. The van der Waals surface area contributed by atoms with E-state index in [4.69, 9.17) is 11.6 Å². The quantitative estimate of drug-likeness (QED) is 0.502. The molecule has 148 valence electrons. The number of fused-ring (bicyclic) bond motifs is 1. The summed E-state index contributed by atoms with van der Waals surface area (Å²) in [4.78, 5) is 13.0. The molecule has 0 aliphatic heterocycles. The highest BCUT2D eigenvalue weighted by Crippen LogP contribution is 2.36. The summed E-state index contributed by atoms with van der Waals surface area (Å²) in [5.74, 6) is -0.444. The second-order valence-electron chi connectivity index (χ2n) is 6.64. The fourth-order valence-corrected chi connectivity index (χ4v) is 3.55. The molecular weight excluding hydrogens is 389 g/mol. The van der Waals surface area contributed by atoms with Gasteiger partial charge in [0.25, 0.3) is 5.91 Å².